The second-order valence-electron chi connectivity index (χ2n) is 7.52. The molecule has 1 aliphatic carbocycles. The van der Waals surface area contributed by atoms with E-state index in [0.29, 0.717) is 23.9 Å². The van der Waals surface area contributed by atoms with Gasteiger partial charge >= 0.3 is 5.97 Å². The highest BCUT2D eigenvalue weighted by atomic mass is 16.5. The lowest BCUT2D eigenvalue weighted by molar-refractivity contribution is 0.0696. The van der Waals surface area contributed by atoms with Gasteiger partial charge in [-0.05, 0) is 61.6 Å². The first kappa shape index (κ1) is 20.7. The van der Waals surface area contributed by atoms with Gasteiger partial charge in [-0.2, -0.15) is 0 Å². The van der Waals surface area contributed by atoms with E-state index in [1.807, 2.05) is 35.2 Å². The van der Waals surface area contributed by atoms with Crippen LogP contribution in [0.1, 0.15) is 41.6 Å². The van der Waals surface area contributed by atoms with E-state index in [1.165, 1.54) is 19.0 Å². The summed E-state index contributed by atoms with van der Waals surface area (Å²) in [5.41, 5.74) is 2.01. The van der Waals surface area contributed by atoms with Crippen LogP contribution in [0.4, 0.5) is 11.5 Å². The Morgan fingerprint density at radius 2 is 1.97 bits per heavy atom. The Kier molecular flexibility index (Phi) is 6.31. The van der Waals surface area contributed by atoms with Gasteiger partial charge in [0.15, 0.2) is 11.5 Å². The Balaban J connectivity index is 1.70. The van der Waals surface area contributed by atoms with Crippen molar-refractivity contribution in [3.05, 3.63) is 72.2 Å². The second-order valence-corrected chi connectivity index (χ2v) is 7.52. The Bertz CT molecular complexity index is 1020. The third-order valence-electron chi connectivity index (χ3n) is 5.39. The summed E-state index contributed by atoms with van der Waals surface area (Å²) < 4.78 is 11.8. The molecule has 0 aliphatic heterocycles. The molecule has 0 amide bonds. The summed E-state index contributed by atoms with van der Waals surface area (Å²) >= 11 is 0. The highest BCUT2D eigenvalue weighted by Gasteiger charge is 2.20. The van der Waals surface area contributed by atoms with Crippen LogP contribution in [-0.2, 0) is 6.54 Å². The predicted octanol–water partition coefficient (Wildman–Crippen LogP) is 4.84. The van der Waals surface area contributed by atoms with E-state index in [0.717, 1.165) is 24.1 Å². The summed E-state index contributed by atoms with van der Waals surface area (Å²) in [4.78, 5) is 21.8. The first-order chi connectivity index (χ1) is 15.1. The number of hydrogen-bond donors (Lipinski definition) is 1. The summed E-state index contributed by atoms with van der Waals surface area (Å²) in [7, 11) is 1.64. The number of carbonyl (C=O) groups is 1. The number of aromatic carboxylic acids is 1. The van der Waals surface area contributed by atoms with Gasteiger partial charge in [0.1, 0.15) is 5.82 Å². The van der Waals surface area contributed by atoms with E-state index < -0.39 is 5.97 Å². The quantitative estimate of drug-likeness (QED) is 0.559. The number of pyridine rings is 2. The van der Waals surface area contributed by atoms with Crippen molar-refractivity contribution in [2.75, 3.05) is 12.0 Å². The minimum absolute atomic E-state index is 0.144. The average molecular weight is 419 g/mol. The van der Waals surface area contributed by atoms with Crippen LogP contribution in [0.5, 0.6) is 11.5 Å². The predicted molar refractivity (Wildman–Crippen MR) is 117 cm³/mol. The minimum atomic E-state index is -1.01. The van der Waals surface area contributed by atoms with E-state index >= 15 is 0 Å². The third kappa shape index (κ3) is 4.94. The van der Waals surface area contributed by atoms with Crippen LogP contribution in [-0.4, -0.2) is 34.3 Å². The zero-order valence-electron chi connectivity index (χ0n) is 17.4. The molecule has 7 nitrogen and oxygen atoms in total. The molecule has 2 aromatic heterocycles. The SMILES string of the molecule is COc1ccc(N(Cc2cccnc2)c2ccc(C(=O)O)cn2)cc1OC1CCCC1. The molecule has 160 valence electrons. The van der Waals surface area contributed by atoms with Crippen molar-refractivity contribution in [2.45, 2.75) is 38.3 Å². The first-order valence-electron chi connectivity index (χ1n) is 10.3. The summed E-state index contributed by atoms with van der Waals surface area (Å²) in [6, 6.07) is 12.9. The van der Waals surface area contributed by atoms with Gasteiger partial charge in [-0.1, -0.05) is 6.07 Å². The number of ether oxygens (including phenoxy) is 2. The molecule has 0 saturated heterocycles. The van der Waals surface area contributed by atoms with Gasteiger partial charge in [0, 0.05) is 30.3 Å². The Morgan fingerprint density at radius 3 is 2.61 bits per heavy atom. The van der Waals surface area contributed by atoms with Crippen molar-refractivity contribution in [2.24, 2.45) is 0 Å². The molecule has 0 atom stereocenters. The summed E-state index contributed by atoms with van der Waals surface area (Å²) in [6.45, 7) is 0.516. The Morgan fingerprint density at radius 1 is 1.13 bits per heavy atom. The standard InChI is InChI=1S/C24H25N3O4/c1-30-21-10-9-19(13-22(21)31-20-6-2-3-7-20)27(16-17-5-4-12-25-14-17)23-11-8-18(15-26-23)24(28)29/h4-5,8-15,20H,2-3,6-7,16H2,1H3,(H,28,29). The number of anilines is 2. The van der Waals surface area contributed by atoms with Gasteiger partial charge in [-0.3, -0.25) is 4.98 Å². The minimum Gasteiger partial charge on any atom is -0.493 e. The molecule has 4 rings (SSSR count). The number of carboxylic acids is 1. The molecule has 0 radical (unpaired) electrons. The van der Waals surface area contributed by atoms with Crippen molar-refractivity contribution in [3.63, 3.8) is 0 Å². The molecule has 0 unspecified atom stereocenters. The molecule has 0 bridgehead atoms. The number of carboxylic acid groups (broad SMARTS) is 1. The fourth-order valence-electron chi connectivity index (χ4n) is 3.76. The lowest BCUT2D eigenvalue weighted by Crippen LogP contribution is -2.19. The van der Waals surface area contributed by atoms with Gasteiger partial charge in [0.2, 0.25) is 0 Å². The number of methoxy groups -OCH3 is 1. The van der Waals surface area contributed by atoms with Crippen LogP contribution < -0.4 is 14.4 Å². The molecular formula is C24H25N3O4. The number of benzene rings is 1. The maximum absolute atomic E-state index is 11.2. The lowest BCUT2D eigenvalue weighted by atomic mass is 10.2. The smallest absolute Gasteiger partial charge is 0.337 e. The molecule has 2 heterocycles. The molecule has 7 heteroatoms. The molecule has 1 aliphatic rings. The fraction of sp³-hybridized carbons (Fsp3) is 0.292. The molecular weight excluding hydrogens is 394 g/mol. The van der Waals surface area contributed by atoms with Crippen LogP contribution in [0.2, 0.25) is 0 Å². The molecule has 1 aromatic carbocycles. The third-order valence-corrected chi connectivity index (χ3v) is 5.39. The Labute approximate surface area is 181 Å². The van der Waals surface area contributed by atoms with Crippen LogP contribution in [0.25, 0.3) is 0 Å². The topological polar surface area (TPSA) is 84.8 Å². The van der Waals surface area contributed by atoms with E-state index in [2.05, 4.69) is 9.97 Å². The highest BCUT2D eigenvalue weighted by Crippen LogP contribution is 2.37. The van der Waals surface area contributed by atoms with Crippen molar-refractivity contribution in [1.82, 2.24) is 9.97 Å². The highest BCUT2D eigenvalue weighted by molar-refractivity contribution is 5.87. The van der Waals surface area contributed by atoms with Crippen molar-refractivity contribution in [3.8, 4) is 11.5 Å². The molecule has 3 aromatic rings. The fourth-order valence-corrected chi connectivity index (χ4v) is 3.76. The number of nitrogens with zero attached hydrogens (tertiary/aromatic N) is 3. The van der Waals surface area contributed by atoms with Crippen molar-refractivity contribution in [1.29, 1.82) is 0 Å². The van der Waals surface area contributed by atoms with Crippen molar-refractivity contribution >= 4 is 17.5 Å². The zero-order chi connectivity index (χ0) is 21.6. The van der Waals surface area contributed by atoms with Gasteiger partial charge in [-0.25, -0.2) is 9.78 Å². The van der Waals surface area contributed by atoms with Crippen LogP contribution in [0, 0.1) is 0 Å². The van der Waals surface area contributed by atoms with Gasteiger partial charge < -0.3 is 19.5 Å². The van der Waals surface area contributed by atoms with E-state index in [4.69, 9.17) is 9.47 Å². The molecule has 1 N–H and O–H groups in total. The largest absolute Gasteiger partial charge is 0.493 e. The van der Waals surface area contributed by atoms with Crippen LogP contribution in [0.15, 0.2) is 61.1 Å². The Hall–Kier alpha value is -3.61. The number of hydrogen-bond acceptors (Lipinski definition) is 6. The number of aromatic nitrogens is 2. The lowest BCUT2D eigenvalue weighted by Gasteiger charge is -2.25. The van der Waals surface area contributed by atoms with Crippen LogP contribution >= 0.6 is 0 Å². The maximum atomic E-state index is 11.2. The monoisotopic (exact) mass is 419 g/mol. The number of rotatable bonds is 8. The van der Waals surface area contributed by atoms with Gasteiger partial charge in [0.25, 0.3) is 0 Å². The molecule has 1 fully saturated rings. The summed E-state index contributed by atoms with van der Waals surface area (Å²) in [5.74, 6) is 1.01. The maximum Gasteiger partial charge on any atom is 0.337 e. The molecule has 0 spiro atoms. The zero-order valence-corrected chi connectivity index (χ0v) is 17.4. The van der Waals surface area contributed by atoms with E-state index in [1.54, 1.807) is 31.6 Å². The molecule has 31 heavy (non-hydrogen) atoms. The summed E-state index contributed by atoms with van der Waals surface area (Å²) in [5, 5.41) is 9.20. The van der Waals surface area contributed by atoms with E-state index in [-0.39, 0.29) is 11.7 Å². The first-order valence-corrected chi connectivity index (χ1v) is 10.3. The second kappa shape index (κ2) is 9.47. The molecule has 1 saturated carbocycles. The average Bonchev–Trinajstić information content (AvgIpc) is 3.31. The van der Waals surface area contributed by atoms with Crippen LogP contribution in [0.3, 0.4) is 0 Å². The summed E-state index contributed by atoms with van der Waals surface area (Å²) in [6.07, 6.45) is 9.55. The van der Waals surface area contributed by atoms with Gasteiger partial charge in [-0.15, -0.1) is 0 Å². The van der Waals surface area contributed by atoms with Gasteiger partial charge in [0.05, 0.1) is 25.3 Å². The van der Waals surface area contributed by atoms with E-state index in [9.17, 15) is 9.90 Å². The van der Waals surface area contributed by atoms with Crippen molar-refractivity contribution < 1.29 is 19.4 Å². The normalized spacial score (nSPS) is 13.7.